The molecule has 0 aromatic heterocycles. The van der Waals surface area contributed by atoms with Crippen molar-refractivity contribution in [3.05, 3.63) is 35.9 Å². The van der Waals surface area contributed by atoms with Gasteiger partial charge in [0.15, 0.2) is 0 Å². The highest BCUT2D eigenvalue weighted by Gasteiger charge is 2.05. The summed E-state index contributed by atoms with van der Waals surface area (Å²) in [7, 11) is 0. The average molecular weight is 155 g/mol. The summed E-state index contributed by atoms with van der Waals surface area (Å²) in [5.74, 6) is 0. The van der Waals surface area contributed by atoms with Crippen molar-refractivity contribution in [3.8, 4) is 0 Å². The number of halogens is 2. The Morgan fingerprint density at radius 1 is 1.36 bits per heavy atom. The van der Waals surface area contributed by atoms with Gasteiger partial charge in [0.1, 0.15) is 12.8 Å². The van der Waals surface area contributed by atoms with Gasteiger partial charge in [-0.25, -0.2) is 8.78 Å². The molecule has 2 heteroatoms. The molecule has 0 spiro atoms. The second-order valence-electron chi connectivity index (χ2n) is 2.36. The van der Waals surface area contributed by atoms with E-state index in [0.717, 1.165) is 5.56 Å². The zero-order chi connectivity index (χ0) is 8.10. The van der Waals surface area contributed by atoms with Gasteiger partial charge in [0.25, 0.3) is 0 Å². The molecule has 11 heavy (non-hydrogen) atoms. The molecule has 0 aliphatic rings. The molecular formula is C9H9F2. The van der Waals surface area contributed by atoms with Crippen molar-refractivity contribution in [2.24, 2.45) is 0 Å². The predicted octanol–water partition coefficient (Wildman–Crippen LogP) is 2.34. The predicted molar refractivity (Wildman–Crippen MR) is 39.9 cm³/mol. The molecule has 0 bridgehead atoms. The monoisotopic (exact) mass is 155 g/mol. The van der Waals surface area contributed by atoms with Crippen molar-refractivity contribution >= 4 is 0 Å². The molecule has 1 atom stereocenters. The standard InChI is InChI=1S/C9H9F2/c10-7-9(11)6-8-4-2-1-3-5-8/h2-5,9H,6-7H2. The number of rotatable bonds is 3. The Kier molecular flexibility index (Phi) is 3.02. The van der Waals surface area contributed by atoms with Gasteiger partial charge in [0, 0.05) is 6.42 Å². The molecule has 1 rings (SSSR count). The molecule has 0 aliphatic heterocycles. The first-order valence-corrected chi connectivity index (χ1v) is 3.48. The van der Waals surface area contributed by atoms with Crippen LogP contribution in [0.3, 0.4) is 0 Å². The van der Waals surface area contributed by atoms with E-state index in [1.54, 1.807) is 24.3 Å². The largest absolute Gasteiger partial charge is 0.248 e. The van der Waals surface area contributed by atoms with Crippen LogP contribution < -0.4 is 0 Å². The molecule has 0 saturated carbocycles. The average Bonchev–Trinajstić information content (AvgIpc) is 2.06. The van der Waals surface area contributed by atoms with Crippen LogP contribution in [-0.4, -0.2) is 12.8 Å². The fourth-order valence-electron chi connectivity index (χ4n) is 0.868. The Hall–Kier alpha value is -0.920. The summed E-state index contributed by atoms with van der Waals surface area (Å²) in [4.78, 5) is 0. The molecular weight excluding hydrogens is 146 g/mol. The third kappa shape index (κ3) is 2.66. The summed E-state index contributed by atoms with van der Waals surface area (Å²) in [5.41, 5.74) is 0.814. The van der Waals surface area contributed by atoms with Gasteiger partial charge in [-0.05, 0) is 11.6 Å². The van der Waals surface area contributed by atoms with Gasteiger partial charge < -0.3 is 0 Å². The lowest BCUT2D eigenvalue weighted by Gasteiger charge is -2.01. The van der Waals surface area contributed by atoms with E-state index in [1.807, 2.05) is 0 Å². The van der Waals surface area contributed by atoms with Crippen LogP contribution in [0.2, 0.25) is 0 Å². The summed E-state index contributed by atoms with van der Waals surface area (Å²) in [5, 5.41) is 0. The molecule has 0 saturated heterocycles. The van der Waals surface area contributed by atoms with Crippen LogP contribution in [0.4, 0.5) is 8.78 Å². The summed E-state index contributed by atoms with van der Waals surface area (Å²) in [6.07, 6.45) is -1.21. The van der Waals surface area contributed by atoms with Crippen molar-refractivity contribution in [3.63, 3.8) is 0 Å². The van der Waals surface area contributed by atoms with Crippen LogP contribution in [0.5, 0.6) is 0 Å². The van der Waals surface area contributed by atoms with Crippen molar-refractivity contribution in [1.29, 1.82) is 0 Å². The molecule has 1 aromatic carbocycles. The summed E-state index contributed by atoms with van der Waals surface area (Å²) < 4.78 is 24.1. The SMILES string of the molecule is FCC(F)Cc1cc[c]cc1. The zero-order valence-corrected chi connectivity index (χ0v) is 6.06. The van der Waals surface area contributed by atoms with Crippen LogP contribution in [-0.2, 0) is 6.42 Å². The fourth-order valence-corrected chi connectivity index (χ4v) is 0.868. The number of hydrogen-bond acceptors (Lipinski definition) is 0. The van der Waals surface area contributed by atoms with E-state index in [9.17, 15) is 8.78 Å². The Balaban J connectivity index is 2.51. The van der Waals surface area contributed by atoms with Crippen molar-refractivity contribution in [2.45, 2.75) is 12.6 Å². The Bertz CT molecular complexity index is 196. The summed E-state index contributed by atoms with van der Waals surface area (Å²) >= 11 is 0. The molecule has 0 heterocycles. The lowest BCUT2D eigenvalue weighted by Crippen LogP contribution is -2.06. The summed E-state index contributed by atoms with van der Waals surface area (Å²) in [6, 6.07) is 9.67. The zero-order valence-electron chi connectivity index (χ0n) is 6.06. The normalized spacial score (nSPS) is 12.9. The van der Waals surface area contributed by atoms with E-state index in [4.69, 9.17) is 0 Å². The molecule has 0 fully saturated rings. The van der Waals surface area contributed by atoms with Crippen LogP contribution in [0.1, 0.15) is 5.56 Å². The number of alkyl halides is 2. The van der Waals surface area contributed by atoms with Crippen molar-refractivity contribution in [1.82, 2.24) is 0 Å². The van der Waals surface area contributed by atoms with Gasteiger partial charge in [0.2, 0.25) is 0 Å². The minimum atomic E-state index is -1.36. The fraction of sp³-hybridized carbons (Fsp3) is 0.333. The minimum Gasteiger partial charge on any atom is -0.248 e. The van der Waals surface area contributed by atoms with E-state index < -0.39 is 12.8 Å². The Morgan fingerprint density at radius 3 is 2.55 bits per heavy atom. The topological polar surface area (TPSA) is 0 Å². The molecule has 0 nitrogen and oxygen atoms in total. The molecule has 1 aromatic rings. The quantitative estimate of drug-likeness (QED) is 0.628. The van der Waals surface area contributed by atoms with Crippen molar-refractivity contribution < 1.29 is 8.78 Å². The maximum absolute atomic E-state index is 12.4. The Labute approximate surface area is 64.9 Å². The third-order valence-electron chi connectivity index (χ3n) is 1.41. The van der Waals surface area contributed by atoms with Gasteiger partial charge in [-0.1, -0.05) is 24.3 Å². The van der Waals surface area contributed by atoms with Crippen LogP contribution in [0.25, 0.3) is 0 Å². The van der Waals surface area contributed by atoms with E-state index in [1.165, 1.54) is 0 Å². The van der Waals surface area contributed by atoms with Crippen molar-refractivity contribution in [2.75, 3.05) is 6.67 Å². The number of hydrogen-bond donors (Lipinski definition) is 0. The van der Waals surface area contributed by atoms with E-state index >= 15 is 0 Å². The first-order valence-electron chi connectivity index (χ1n) is 3.48. The van der Waals surface area contributed by atoms with Gasteiger partial charge in [-0.15, -0.1) is 0 Å². The lowest BCUT2D eigenvalue weighted by molar-refractivity contribution is 0.260. The lowest BCUT2D eigenvalue weighted by atomic mass is 10.1. The first kappa shape index (κ1) is 8.18. The third-order valence-corrected chi connectivity index (χ3v) is 1.41. The molecule has 1 unspecified atom stereocenters. The van der Waals surface area contributed by atoms with Gasteiger partial charge in [-0.3, -0.25) is 0 Å². The van der Waals surface area contributed by atoms with Crippen LogP contribution in [0, 0.1) is 6.07 Å². The van der Waals surface area contributed by atoms with Crippen LogP contribution >= 0.6 is 0 Å². The van der Waals surface area contributed by atoms with E-state index in [2.05, 4.69) is 6.07 Å². The van der Waals surface area contributed by atoms with E-state index in [-0.39, 0.29) is 6.42 Å². The second-order valence-corrected chi connectivity index (χ2v) is 2.36. The van der Waals surface area contributed by atoms with Gasteiger partial charge in [0.05, 0.1) is 0 Å². The van der Waals surface area contributed by atoms with E-state index in [0.29, 0.717) is 0 Å². The molecule has 59 valence electrons. The second kappa shape index (κ2) is 4.06. The molecule has 1 radical (unpaired) electrons. The highest BCUT2D eigenvalue weighted by molar-refractivity contribution is 5.14. The molecule has 0 aliphatic carbocycles. The highest BCUT2D eigenvalue weighted by atomic mass is 19.2. The maximum atomic E-state index is 12.4. The molecule has 0 amide bonds. The maximum Gasteiger partial charge on any atom is 0.132 e. The summed E-state index contributed by atoms with van der Waals surface area (Å²) in [6.45, 7) is -0.904. The Morgan fingerprint density at radius 2 is 2.00 bits per heavy atom. The van der Waals surface area contributed by atoms with Gasteiger partial charge in [-0.2, -0.15) is 0 Å². The van der Waals surface area contributed by atoms with Crippen LogP contribution in [0.15, 0.2) is 24.3 Å². The number of benzene rings is 1. The smallest absolute Gasteiger partial charge is 0.132 e. The van der Waals surface area contributed by atoms with Gasteiger partial charge >= 0.3 is 0 Å². The minimum absolute atomic E-state index is 0.158. The first-order chi connectivity index (χ1) is 5.33. The molecule has 0 N–H and O–H groups in total. The highest BCUT2D eigenvalue weighted by Crippen LogP contribution is 2.05.